The van der Waals surface area contributed by atoms with Gasteiger partial charge in [-0.2, -0.15) is 4.31 Å². The first-order valence-electron chi connectivity index (χ1n) is 5.61. The van der Waals surface area contributed by atoms with Gasteiger partial charge in [0.15, 0.2) is 0 Å². The molecule has 0 unspecified atom stereocenters. The molecule has 0 atom stereocenters. The molecule has 0 aliphatic carbocycles. The van der Waals surface area contributed by atoms with Gasteiger partial charge in [-0.1, -0.05) is 0 Å². The van der Waals surface area contributed by atoms with Crippen LogP contribution >= 0.6 is 0 Å². The third kappa shape index (κ3) is 3.04. The average Bonchev–Trinajstić information content (AvgIpc) is 2.35. The van der Waals surface area contributed by atoms with E-state index < -0.39 is 27.4 Å². The third-order valence-electron chi connectivity index (χ3n) is 2.82. The van der Waals surface area contributed by atoms with E-state index in [2.05, 4.69) is 5.32 Å². The van der Waals surface area contributed by atoms with Crippen molar-refractivity contribution >= 4 is 10.0 Å². The molecule has 1 aliphatic rings. The molecule has 7 heteroatoms. The lowest BCUT2D eigenvalue weighted by Gasteiger charge is -2.26. The molecule has 1 heterocycles. The van der Waals surface area contributed by atoms with Crippen LogP contribution in [0.1, 0.15) is 5.56 Å². The number of halogens is 2. The normalized spacial score (nSPS) is 17.9. The lowest BCUT2D eigenvalue weighted by Crippen LogP contribution is -2.46. The Morgan fingerprint density at radius 2 is 1.89 bits per heavy atom. The van der Waals surface area contributed by atoms with Crippen molar-refractivity contribution in [3.05, 3.63) is 35.4 Å². The van der Waals surface area contributed by atoms with Gasteiger partial charge in [-0.25, -0.2) is 17.2 Å². The molecule has 0 bridgehead atoms. The summed E-state index contributed by atoms with van der Waals surface area (Å²) in [6, 6.07) is 2.84. The molecule has 2 rings (SSSR count). The van der Waals surface area contributed by atoms with E-state index in [9.17, 15) is 17.2 Å². The van der Waals surface area contributed by atoms with Crippen molar-refractivity contribution < 1.29 is 17.2 Å². The van der Waals surface area contributed by atoms with Crippen LogP contribution in [0, 0.1) is 11.6 Å². The molecule has 0 spiro atoms. The van der Waals surface area contributed by atoms with Crippen LogP contribution in [0.2, 0.25) is 0 Å². The highest BCUT2D eigenvalue weighted by atomic mass is 32.2. The fourth-order valence-corrected chi connectivity index (χ4v) is 3.40. The predicted octanol–water partition coefficient (Wildman–Crippen LogP) is 0.700. The Morgan fingerprint density at radius 1 is 1.22 bits per heavy atom. The van der Waals surface area contributed by atoms with Gasteiger partial charge in [-0.3, -0.25) is 0 Å². The van der Waals surface area contributed by atoms with Gasteiger partial charge < -0.3 is 5.32 Å². The van der Waals surface area contributed by atoms with Crippen LogP contribution in [-0.4, -0.2) is 38.9 Å². The Hall–Kier alpha value is -1.05. The highest BCUT2D eigenvalue weighted by Gasteiger charge is 2.25. The van der Waals surface area contributed by atoms with Crippen LogP contribution in [0.4, 0.5) is 8.78 Å². The summed E-state index contributed by atoms with van der Waals surface area (Å²) in [5, 5.41) is 3.03. The minimum atomic E-state index is -3.59. The van der Waals surface area contributed by atoms with Crippen LogP contribution in [0.5, 0.6) is 0 Å². The van der Waals surface area contributed by atoms with E-state index in [0.29, 0.717) is 26.2 Å². The molecule has 0 aromatic heterocycles. The maximum atomic E-state index is 13.4. The molecule has 100 valence electrons. The summed E-state index contributed by atoms with van der Waals surface area (Å²) in [6.45, 7) is 1.87. The van der Waals surface area contributed by atoms with E-state index in [4.69, 9.17) is 0 Å². The largest absolute Gasteiger partial charge is 0.314 e. The predicted molar refractivity (Wildman–Crippen MR) is 63.4 cm³/mol. The molecule has 0 saturated carbocycles. The monoisotopic (exact) mass is 276 g/mol. The second kappa shape index (κ2) is 5.29. The van der Waals surface area contributed by atoms with E-state index in [-0.39, 0.29) is 5.56 Å². The van der Waals surface area contributed by atoms with Crippen molar-refractivity contribution in [3.8, 4) is 0 Å². The van der Waals surface area contributed by atoms with Gasteiger partial charge in [-0.05, 0) is 18.2 Å². The second-order valence-electron chi connectivity index (χ2n) is 4.14. The molecular weight excluding hydrogens is 262 g/mol. The first kappa shape index (κ1) is 13.4. The first-order chi connectivity index (χ1) is 8.49. The lowest BCUT2D eigenvalue weighted by atomic mass is 10.2. The zero-order valence-electron chi connectivity index (χ0n) is 9.70. The molecule has 1 N–H and O–H groups in total. The molecule has 18 heavy (non-hydrogen) atoms. The van der Waals surface area contributed by atoms with E-state index in [1.54, 1.807) is 0 Å². The number of rotatable bonds is 3. The minimum absolute atomic E-state index is 0.131. The molecule has 1 saturated heterocycles. The van der Waals surface area contributed by atoms with E-state index >= 15 is 0 Å². The van der Waals surface area contributed by atoms with Crippen LogP contribution in [0.15, 0.2) is 18.2 Å². The summed E-state index contributed by atoms with van der Waals surface area (Å²) in [6.07, 6.45) is 0. The molecular formula is C11H14F2N2O2S. The van der Waals surface area contributed by atoms with Gasteiger partial charge in [-0.15, -0.1) is 0 Å². The number of piperazine rings is 1. The quantitative estimate of drug-likeness (QED) is 0.884. The van der Waals surface area contributed by atoms with Crippen molar-refractivity contribution in [2.45, 2.75) is 5.75 Å². The lowest BCUT2D eigenvalue weighted by molar-refractivity contribution is 0.359. The number of sulfonamides is 1. The standard InChI is InChI=1S/C11H14F2N2O2S/c12-10-1-2-11(13)9(7-10)8-18(16,17)15-5-3-14-4-6-15/h1-2,7,14H,3-6,8H2. The summed E-state index contributed by atoms with van der Waals surface area (Å²) in [7, 11) is -3.59. The second-order valence-corrected chi connectivity index (χ2v) is 6.11. The zero-order chi connectivity index (χ0) is 13.2. The zero-order valence-corrected chi connectivity index (χ0v) is 10.5. The average molecular weight is 276 g/mol. The van der Waals surface area contributed by atoms with Crippen molar-refractivity contribution in [2.75, 3.05) is 26.2 Å². The summed E-state index contributed by atoms with van der Waals surface area (Å²) in [4.78, 5) is 0. The van der Waals surface area contributed by atoms with Crippen molar-refractivity contribution in [1.29, 1.82) is 0 Å². The summed E-state index contributed by atoms with van der Waals surface area (Å²) in [5.74, 6) is -1.84. The van der Waals surface area contributed by atoms with E-state index in [1.807, 2.05) is 0 Å². The molecule has 1 aromatic rings. The van der Waals surface area contributed by atoms with Gasteiger partial charge in [0, 0.05) is 31.7 Å². The minimum Gasteiger partial charge on any atom is -0.314 e. The molecule has 0 radical (unpaired) electrons. The van der Waals surface area contributed by atoms with Crippen molar-refractivity contribution in [3.63, 3.8) is 0 Å². The van der Waals surface area contributed by atoms with E-state index in [1.165, 1.54) is 4.31 Å². The molecule has 4 nitrogen and oxygen atoms in total. The third-order valence-corrected chi connectivity index (χ3v) is 4.64. The summed E-state index contributed by atoms with van der Waals surface area (Å²) in [5.41, 5.74) is -0.131. The van der Waals surface area contributed by atoms with Crippen LogP contribution in [0.25, 0.3) is 0 Å². The van der Waals surface area contributed by atoms with Crippen LogP contribution in [-0.2, 0) is 15.8 Å². The van der Waals surface area contributed by atoms with Gasteiger partial charge in [0.1, 0.15) is 11.6 Å². The molecule has 0 amide bonds. The summed E-state index contributed by atoms with van der Waals surface area (Å²) < 4.78 is 51.7. The SMILES string of the molecule is O=S(=O)(Cc1cc(F)ccc1F)N1CCNCC1. The number of hydrogen-bond donors (Lipinski definition) is 1. The summed E-state index contributed by atoms with van der Waals surface area (Å²) >= 11 is 0. The van der Waals surface area contributed by atoms with Gasteiger partial charge >= 0.3 is 0 Å². The number of hydrogen-bond acceptors (Lipinski definition) is 3. The van der Waals surface area contributed by atoms with Gasteiger partial charge in [0.05, 0.1) is 5.75 Å². The van der Waals surface area contributed by atoms with Gasteiger partial charge in [0.25, 0.3) is 0 Å². The van der Waals surface area contributed by atoms with Crippen LogP contribution in [0.3, 0.4) is 0 Å². The topological polar surface area (TPSA) is 49.4 Å². The smallest absolute Gasteiger partial charge is 0.218 e. The molecule has 1 fully saturated rings. The molecule has 1 aliphatic heterocycles. The first-order valence-corrected chi connectivity index (χ1v) is 7.22. The maximum Gasteiger partial charge on any atom is 0.218 e. The highest BCUT2D eigenvalue weighted by Crippen LogP contribution is 2.16. The Labute approximate surface area is 105 Å². The van der Waals surface area contributed by atoms with Gasteiger partial charge in [0.2, 0.25) is 10.0 Å². The number of nitrogens with one attached hydrogen (secondary N) is 1. The Bertz CT molecular complexity index is 528. The highest BCUT2D eigenvalue weighted by molar-refractivity contribution is 7.88. The van der Waals surface area contributed by atoms with Crippen molar-refractivity contribution in [1.82, 2.24) is 9.62 Å². The maximum absolute atomic E-state index is 13.4. The fraction of sp³-hybridized carbons (Fsp3) is 0.455. The van der Waals surface area contributed by atoms with Crippen molar-refractivity contribution in [2.24, 2.45) is 0 Å². The number of nitrogens with zero attached hydrogens (tertiary/aromatic N) is 1. The Morgan fingerprint density at radius 3 is 2.56 bits per heavy atom. The fourth-order valence-electron chi connectivity index (χ4n) is 1.86. The molecule has 1 aromatic carbocycles. The van der Waals surface area contributed by atoms with E-state index in [0.717, 1.165) is 18.2 Å². The Kier molecular flexibility index (Phi) is 3.94. The van der Waals surface area contributed by atoms with Crippen LogP contribution < -0.4 is 5.32 Å². The Balaban J connectivity index is 2.18. The number of benzene rings is 1.